The maximum Gasteiger partial charge on any atom is 0.140 e. The number of ether oxygens (including phenoxy) is 2. The highest BCUT2D eigenvalue weighted by Crippen LogP contribution is 2.30. The topological polar surface area (TPSA) is 44.5 Å². The monoisotopic (exact) mass is 243 g/mol. The van der Waals surface area contributed by atoms with Crippen LogP contribution in [0, 0.1) is 0 Å². The van der Waals surface area contributed by atoms with Crippen LogP contribution in [0.25, 0.3) is 0 Å². The third kappa shape index (κ3) is 3.37. The van der Waals surface area contributed by atoms with E-state index in [4.69, 9.17) is 26.8 Å². The van der Waals surface area contributed by atoms with Crippen LogP contribution in [0.2, 0.25) is 5.02 Å². The molecule has 0 aliphatic carbocycles. The zero-order valence-electron chi connectivity index (χ0n) is 9.75. The van der Waals surface area contributed by atoms with Gasteiger partial charge in [-0.15, -0.1) is 0 Å². The van der Waals surface area contributed by atoms with Crippen LogP contribution in [-0.2, 0) is 17.8 Å². The van der Waals surface area contributed by atoms with Crippen molar-refractivity contribution in [1.82, 2.24) is 0 Å². The van der Waals surface area contributed by atoms with Crippen LogP contribution in [0.15, 0.2) is 12.1 Å². The summed E-state index contributed by atoms with van der Waals surface area (Å²) >= 11 is 6.13. The maximum absolute atomic E-state index is 6.13. The Hall–Kier alpha value is -0.770. The van der Waals surface area contributed by atoms with Crippen molar-refractivity contribution in [2.24, 2.45) is 5.73 Å². The number of halogens is 1. The number of benzene rings is 1. The highest BCUT2D eigenvalue weighted by atomic mass is 35.5. The molecule has 0 saturated heterocycles. The Morgan fingerprint density at radius 3 is 2.69 bits per heavy atom. The predicted molar refractivity (Wildman–Crippen MR) is 66.1 cm³/mol. The third-order valence-electron chi connectivity index (χ3n) is 2.27. The van der Waals surface area contributed by atoms with E-state index < -0.39 is 0 Å². The minimum atomic E-state index is 0.567. The molecule has 0 saturated carbocycles. The molecule has 1 aromatic carbocycles. The van der Waals surface area contributed by atoms with Gasteiger partial charge in [0.15, 0.2) is 0 Å². The smallest absolute Gasteiger partial charge is 0.140 e. The molecule has 2 N–H and O–H groups in total. The summed E-state index contributed by atoms with van der Waals surface area (Å²) in [6.07, 6.45) is 0.753. The van der Waals surface area contributed by atoms with Gasteiger partial charge in [-0.1, -0.05) is 11.6 Å². The van der Waals surface area contributed by atoms with Crippen molar-refractivity contribution < 1.29 is 9.47 Å². The Morgan fingerprint density at radius 2 is 2.12 bits per heavy atom. The van der Waals surface area contributed by atoms with Crippen LogP contribution in [-0.4, -0.2) is 20.3 Å². The van der Waals surface area contributed by atoms with E-state index in [1.807, 2.05) is 19.1 Å². The molecule has 1 rings (SSSR count). The Labute approximate surface area is 101 Å². The molecule has 0 aromatic heterocycles. The van der Waals surface area contributed by atoms with Gasteiger partial charge in [0.05, 0.1) is 18.7 Å². The second kappa shape index (κ2) is 6.74. The number of rotatable bonds is 6. The van der Waals surface area contributed by atoms with E-state index in [9.17, 15) is 0 Å². The van der Waals surface area contributed by atoms with Gasteiger partial charge in [0.25, 0.3) is 0 Å². The summed E-state index contributed by atoms with van der Waals surface area (Å²) in [6, 6.07) is 3.91. The van der Waals surface area contributed by atoms with Gasteiger partial charge in [-0.2, -0.15) is 0 Å². The summed E-state index contributed by atoms with van der Waals surface area (Å²) in [5.41, 5.74) is 7.64. The molecule has 0 bridgehead atoms. The summed E-state index contributed by atoms with van der Waals surface area (Å²) in [5, 5.41) is 0.614. The molecule has 0 heterocycles. The van der Waals surface area contributed by atoms with Gasteiger partial charge in [-0.3, -0.25) is 0 Å². The first-order chi connectivity index (χ1) is 7.72. The van der Waals surface area contributed by atoms with Gasteiger partial charge in [-0.05, 0) is 43.1 Å². The quantitative estimate of drug-likeness (QED) is 0.835. The lowest BCUT2D eigenvalue weighted by Gasteiger charge is -2.12. The Kier molecular flexibility index (Phi) is 5.60. The van der Waals surface area contributed by atoms with E-state index in [2.05, 4.69) is 0 Å². The standard InChI is InChI=1S/C12H18ClNO2/c1-3-16-8-9-6-10(4-5-14)12(15-2)11(13)7-9/h6-7H,3-5,8,14H2,1-2H3. The van der Waals surface area contributed by atoms with Gasteiger partial charge < -0.3 is 15.2 Å². The van der Waals surface area contributed by atoms with Crippen molar-refractivity contribution >= 4 is 11.6 Å². The van der Waals surface area contributed by atoms with Crippen LogP contribution in [0.5, 0.6) is 5.75 Å². The Morgan fingerprint density at radius 1 is 1.38 bits per heavy atom. The molecule has 0 unspecified atom stereocenters. The first kappa shape index (κ1) is 13.3. The number of hydrogen-bond acceptors (Lipinski definition) is 3. The number of nitrogens with two attached hydrogens (primary N) is 1. The highest BCUT2D eigenvalue weighted by molar-refractivity contribution is 6.32. The van der Waals surface area contributed by atoms with Crippen molar-refractivity contribution in [3.63, 3.8) is 0 Å². The zero-order chi connectivity index (χ0) is 12.0. The fourth-order valence-electron chi connectivity index (χ4n) is 1.59. The predicted octanol–water partition coefficient (Wildman–Crippen LogP) is 2.39. The summed E-state index contributed by atoms with van der Waals surface area (Å²) < 4.78 is 10.6. The van der Waals surface area contributed by atoms with Gasteiger partial charge in [0.2, 0.25) is 0 Å². The van der Waals surface area contributed by atoms with E-state index in [1.54, 1.807) is 7.11 Å². The van der Waals surface area contributed by atoms with Crippen LogP contribution < -0.4 is 10.5 Å². The van der Waals surface area contributed by atoms with Crippen molar-refractivity contribution in [2.75, 3.05) is 20.3 Å². The molecular weight excluding hydrogens is 226 g/mol. The van der Waals surface area contributed by atoms with Crippen LogP contribution in [0.1, 0.15) is 18.1 Å². The van der Waals surface area contributed by atoms with Crippen LogP contribution in [0.4, 0.5) is 0 Å². The van der Waals surface area contributed by atoms with Crippen LogP contribution >= 0.6 is 11.6 Å². The second-order valence-corrected chi connectivity index (χ2v) is 3.85. The van der Waals surface area contributed by atoms with E-state index in [-0.39, 0.29) is 0 Å². The summed E-state index contributed by atoms with van der Waals surface area (Å²) in [4.78, 5) is 0. The molecule has 0 fully saturated rings. The molecule has 0 aliphatic rings. The SMILES string of the molecule is CCOCc1cc(Cl)c(OC)c(CCN)c1. The largest absolute Gasteiger partial charge is 0.495 e. The summed E-state index contributed by atoms with van der Waals surface area (Å²) in [6.45, 7) is 3.80. The summed E-state index contributed by atoms with van der Waals surface area (Å²) in [5.74, 6) is 0.715. The van der Waals surface area contributed by atoms with Gasteiger partial charge in [0.1, 0.15) is 5.75 Å². The lowest BCUT2D eigenvalue weighted by molar-refractivity contribution is 0.134. The lowest BCUT2D eigenvalue weighted by Crippen LogP contribution is -2.05. The lowest BCUT2D eigenvalue weighted by atomic mass is 10.1. The van der Waals surface area contributed by atoms with E-state index in [0.29, 0.717) is 30.5 Å². The maximum atomic E-state index is 6.13. The molecule has 90 valence electrons. The molecule has 0 spiro atoms. The van der Waals surface area contributed by atoms with Crippen molar-refractivity contribution in [2.45, 2.75) is 20.0 Å². The van der Waals surface area contributed by atoms with E-state index >= 15 is 0 Å². The zero-order valence-corrected chi connectivity index (χ0v) is 10.5. The molecule has 0 amide bonds. The highest BCUT2D eigenvalue weighted by Gasteiger charge is 2.09. The molecule has 0 atom stereocenters. The minimum absolute atomic E-state index is 0.567. The van der Waals surface area contributed by atoms with Crippen LogP contribution in [0.3, 0.4) is 0 Å². The van der Waals surface area contributed by atoms with Crippen molar-refractivity contribution in [3.8, 4) is 5.75 Å². The first-order valence-electron chi connectivity index (χ1n) is 5.36. The molecule has 4 heteroatoms. The summed E-state index contributed by atoms with van der Waals surface area (Å²) in [7, 11) is 1.61. The van der Waals surface area contributed by atoms with Gasteiger partial charge in [0, 0.05) is 6.61 Å². The average molecular weight is 244 g/mol. The molecule has 1 aromatic rings. The third-order valence-corrected chi connectivity index (χ3v) is 2.55. The normalized spacial score (nSPS) is 10.5. The molecule has 16 heavy (non-hydrogen) atoms. The molecular formula is C12H18ClNO2. The Bertz CT molecular complexity index is 342. The molecule has 0 radical (unpaired) electrons. The van der Waals surface area contributed by atoms with Crippen molar-refractivity contribution in [1.29, 1.82) is 0 Å². The fourth-order valence-corrected chi connectivity index (χ4v) is 1.92. The van der Waals surface area contributed by atoms with Gasteiger partial charge in [-0.25, -0.2) is 0 Å². The van der Waals surface area contributed by atoms with E-state index in [0.717, 1.165) is 17.5 Å². The Balaban J connectivity index is 2.97. The first-order valence-corrected chi connectivity index (χ1v) is 5.73. The van der Waals surface area contributed by atoms with E-state index in [1.165, 1.54) is 0 Å². The average Bonchev–Trinajstić information content (AvgIpc) is 2.26. The fraction of sp³-hybridized carbons (Fsp3) is 0.500. The molecule has 0 aliphatic heterocycles. The molecule has 3 nitrogen and oxygen atoms in total. The minimum Gasteiger partial charge on any atom is -0.495 e. The van der Waals surface area contributed by atoms with Crippen molar-refractivity contribution in [3.05, 3.63) is 28.3 Å². The number of methoxy groups -OCH3 is 1. The number of hydrogen-bond donors (Lipinski definition) is 1. The van der Waals surface area contributed by atoms with Gasteiger partial charge >= 0.3 is 0 Å². The second-order valence-electron chi connectivity index (χ2n) is 3.45.